The minimum atomic E-state index is -3.19. The molecule has 6 heteroatoms. The highest BCUT2D eigenvalue weighted by Crippen LogP contribution is 2.27. The Morgan fingerprint density at radius 3 is 2.70 bits per heavy atom. The van der Waals surface area contributed by atoms with E-state index in [0.29, 0.717) is 13.2 Å². The van der Waals surface area contributed by atoms with Crippen LogP contribution in [0.4, 0.5) is 0 Å². The van der Waals surface area contributed by atoms with E-state index in [1.807, 2.05) is 25.2 Å². The molecule has 1 heterocycles. The van der Waals surface area contributed by atoms with Gasteiger partial charge in [0.15, 0.2) is 0 Å². The molecule has 1 aromatic rings. The number of nitrogens with one attached hydrogen (secondary N) is 1. The van der Waals surface area contributed by atoms with Crippen LogP contribution < -0.4 is 4.72 Å². The Balaban J connectivity index is 2.13. The first-order valence-corrected chi connectivity index (χ1v) is 8.53. The Bertz CT molecular complexity index is 518. The lowest BCUT2D eigenvalue weighted by Crippen LogP contribution is -2.48. The molecule has 2 atom stereocenters. The lowest BCUT2D eigenvalue weighted by Gasteiger charge is -2.39. The highest BCUT2D eigenvalue weighted by atomic mass is 32.2. The molecule has 1 fully saturated rings. The van der Waals surface area contributed by atoms with Gasteiger partial charge in [-0.05, 0) is 19.5 Å². The molecule has 0 aromatic heterocycles. The zero-order valence-corrected chi connectivity index (χ0v) is 12.8. The third-order valence-corrected chi connectivity index (χ3v) is 5.00. The largest absolute Gasteiger partial charge is 0.374 e. The van der Waals surface area contributed by atoms with Crippen molar-refractivity contribution in [3.05, 3.63) is 35.9 Å². The molecule has 1 aliphatic rings. The molecule has 112 valence electrons. The standard InChI is InChI=1S/C14H22N2O3S/c1-3-20(17,18)15-11-13-14(16(2)9-10-19-13)12-7-5-4-6-8-12/h4-8,13-15H,3,9-11H2,1-2H3/t13-,14-/m0/s1. The summed E-state index contributed by atoms with van der Waals surface area (Å²) in [6, 6.07) is 10.1. The Morgan fingerprint density at radius 1 is 1.35 bits per heavy atom. The molecule has 1 aliphatic heterocycles. The molecule has 1 aromatic carbocycles. The van der Waals surface area contributed by atoms with Gasteiger partial charge in [0.05, 0.1) is 24.5 Å². The zero-order valence-electron chi connectivity index (χ0n) is 12.0. The summed E-state index contributed by atoms with van der Waals surface area (Å²) < 4.78 is 31.6. The van der Waals surface area contributed by atoms with Gasteiger partial charge < -0.3 is 4.74 Å². The van der Waals surface area contributed by atoms with E-state index in [-0.39, 0.29) is 17.9 Å². The van der Waals surface area contributed by atoms with Crippen LogP contribution in [0.1, 0.15) is 18.5 Å². The molecule has 1 N–H and O–H groups in total. The van der Waals surface area contributed by atoms with Crippen molar-refractivity contribution in [2.45, 2.75) is 19.1 Å². The number of benzene rings is 1. The number of sulfonamides is 1. The van der Waals surface area contributed by atoms with Crippen molar-refractivity contribution >= 4 is 10.0 Å². The molecular formula is C14H22N2O3S. The van der Waals surface area contributed by atoms with E-state index in [1.54, 1.807) is 6.92 Å². The van der Waals surface area contributed by atoms with Gasteiger partial charge in [0.2, 0.25) is 10.0 Å². The van der Waals surface area contributed by atoms with Crippen LogP contribution >= 0.6 is 0 Å². The topological polar surface area (TPSA) is 58.6 Å². The van der Waals surface area contributed by atoms with Crippen molar-refractivity contribution in [1.82, 2.24) is 9.62 Å². The Labute approximate surface area is 121 Å². The third kappa shape index (κ3) is 3.79. The quantitative estimate of drug-likeness (QED) is 0.881. The average molecular weight is 298 g/mol. The molecule has 0 saturated carbocycles. The Kier molecular flexibility index (Phi) is 5.15. The maximum absolute atomic E-state index is 11.6. The molecule has 5 nitrogen and oxygen atoms in total. The average Bonchev–Trinajstić information content (AvgIpc) is 2.46. The maximum Gasteiger partial charge on any atom is 0.211 e. The number of nitrogens with zero attached hydrogens (tertiary/aromatic N) is 1. The fourth-order valence-corrected chi connectivity index (χ4v) is 3.09. The SMILES string of the molecule is CCS(=O)(=O)NC[C@@H]1OCCN(C)[C@H]1c1ccccc1. The second-order valence-corrected chi connectivity index (χ2v) is 7.09. The zero-order chi connectivity index (χ0) is 14.6. The molecule has 0 unspecified atom stereocenters. The van der Waals surface area contributed by atoms with Crippen molar-refractivity contribution in [3.8, 4) is 0 Å². The summed E-state index contributed by atoms with van der Waals surface area (Å²) in [4.78, 5) is 2.21. The van der Waals surface area contributed by atoms with Crippen molar-refractivity contribution in [1.29, 1.82) is 0 Å². The van der Waals surface area contributed by atoms with Crippen molar-refractivity contribution < 1.29 is 13.2 Å². The van der Waals surface area contributed by atoms with Crippen LogP contribution in [0.15, 0.2) is 30.3 Å². The number of hydrogen-bond donors (Lipinski definition) is 1. The normalized spacial score (nSPS) is 24.7. The highest BCUT2D eigenvalue weighted by Gasteiger charge is 2.31. The monoisotopic (exact) mass is 298 g/mol. The predicted molar refractivity (Wildman–Crippen MR) is 79.0 cm³/mol. The lowest BCUT2D eigenvalue weighted by molar-refractivity contribution is -0.0592. The van der Waals surface area contributed by atoms with Gasteiger partial charge in [-0.3, -0.25) is 4.90 Å². The number of ether oxygens (including phenoxy) is 1. The van der Waals surface area contributed by atoms with E-state index in [0.717, 1.165) is 12.1 Å². The number of rotatable bonds is 5. The van der Waals surface area contributed by atoms with Gasteiger partial charge >= 0.3 is 0 Å². The van der Waals surface area contributed by atoms with E-state index < -0.39 is 10.0 Å². The first-order valence-electron chi connectivity index (χ1n) is 6.87. The van der Waals surface area contributed by atoms with Crippen LogP contribution in [0.3, 0.4) is 0 Å². The van der Waals surface area contributed by atoms with Gasteiger partial charge in [-0.25, -0.2) is 13.1 Å². The summed E-state index contributed by atoms with van der Waals surface area (Å²) in [6.07, 6.45) is -0.169. The molecule has 0 aliphatic carbocycles. The fourth-order valence-electron chi connectivity index (χ4n) is 2.46. The van der Waals surface area contributed by atoms with Gasteiger partial charge in [-0.2, -0.15) is 0 Å². The summed E-state index contributed by atoms with van der Waals surface area (Å²) in [5.74, 6) is 0.0889. The van der Waals surface area contributed by atoms with Gasteiger partial charge in [0, 0.05) is 13.1 Å². The van der Waals surface area contributed by atoms with Crippen LogP contribution in [0.25, 0.3) is 0 Å². The van der Waals surface area contributed by atoms with E-state index in [9.17, 15) is 8.42 Å². The molecule has 2 rings (SSSR count). The second kappa shape index (κ2) is 6.67. The summed E-state index contributed by atoms with van der Waals surface area (Å²) in [5.41, 5.74) is 1.15. The first-order chi connectivity index (χ1) is 9.53. The number of morpholine rings is 1. The Morgan fingerprint density at radius 2 is 2.05 bits per heavy atom. The molecule has 20 heavy (non-hydrogen) atoms. The van der Waals surface area contributed by atoms with Gasteiger partial charge in [0.25, 0.3) is 0 Å². The maximum atomic E-state index is 11.6. The first kappa shape index (κ1) is 15.4. The minimum absolute atomic E-state index is 0.0736. The fraction of sp³-hybridized carbons (Fsp3) is 0.571. The van der Waals surface area contributed by atoms with Crippen LogP contribution in [0, 0.1) is 0 Å². The Hall–Kier alpha value is -0.950. The van der Waals surface area contributed by atoms with E-state index >= 15 is 0 Å². The van der Waals surface area contributed by atoms with Crippen LogP contribution in [0.2, 0.25) is 0 Å². The van der Waals surface area contributed by atoms with Gasteiger partial charge in [-0.1, -0.05) is 30.3 Å². The van der Waals surface area contributed by atoms with Crippen molar-refractivity contribution in [2.24, 2.45) is 0 Å². The summed E-state index contributed by atoms with van der Waals surface area (Å²) in [7, 11) is -1.15. The van der Waals surface area contributed by atoms with E-state index in [4.69, 9.17) is 4.74 Å². The molecule has 0 amide bonds. The van der Waals surface area contributed by atoms with Gasteiger partial charge in [0.1, 0.15) is 0 Å². The van der Waals surface area contributed by atoms with Gasteiger partial charge in [-0.15, -0.1) is 0 Å². The van der Waals surface area contributed by atoms with Crippen LogP contribution in [-0.2, 0) is 14.8 Å². The van der Waals surface area contributed by atoms with E-state index in [2.05, 4.69) is 21.8 Å². The molecule has 0 spiro atoms. The minimum Gasteiger partial charge on any atom is -0.374 e. The number of hydrogen-bond acceptors (Lipinski definition) is 4. The van der Waals surface area contributed by atoms with Crippen molar-refractivity contribution in [3.63, 3.8) is 0 Å². The molecular weight excluding hydrogens is 276 g/mol. The lowest BCUT2D eigenvalue weighted by atomic mass is 9.99. The summed E-state index contributed by atoms with van der Waals surface area (Å²) in [6.45, 7) is 3.40. The third-order valence-electron chi connectivity index (χ3n) is 3.63. The molecule has 0 radical (unpaired) electrons. The van der Waals surface area contributed by atoms with Crippen LogP contribution in [-0.4, -0.2) is 51.9 Å². The van der Waals surface area contributed by atoms with E-state index in [1.165, 1.54) is 0 Å². The smallest absolute Gasteiger partial charge is 0.211 e. The van der Waals surface area contributed by atoms with Crippen LogP contribution in [0.5, 0.6) is 0 Å². The predicted octanol–water partition coefficient (Wildman–Crippen LogP) is 0.998. The second-order valence-electron chi connectivity index (χ2n) is 5.00. The number of likely N-dealkylation sites (N-methyl/N-ethyl adjacent to an activating group) is 1. The summed E-state index contributed by atoms with van der Waals surface area (Å²) in [5, 5.41) is 0. The molecule has 0 bridgehead atoms. The summed E-state index contributed by atoms with van der Waals surface area (Å²) >= 11 is 0. The molecule has 1 saturated heterocycles. The highest BCUT2D eigenvalue weighted by molar-refractivity contribution is 7.89. The van der Waals surface area contributed by atoms with Crippen molar-refractivity contribution in [2.75, 3.05) is 32.5 Å².